The van der Waals surface area contributed by atoms with Gasteiger partial charge in [-0.15, -0.1) is 0 Å². The van der Waals surface area contributed by atoms with Crippen molar-refractivity contribution in [3.8, 4) is 11.5 Å². The third-order valence-electron chi connectivity index (χ3n) is 1.93. The van der Waals surface area contributed by atoms with Gasteiger partial charge in [-0.3, -0.25) is 4.98 Å². The molecule has 2 N–H and O–H groups in total. The first kappa shape index (κ1) is 10.9. The maximum atomic E-state index is 13.2. The van der Waals surface area contributed by atoms with Crippen molar-refractivity contribution in [2.45, 2.75) is 0 Å². The number of hydrogen-bond acceptors (Lipinski definition) is 3. The van der Waals surface area contributed by atoms with Crippen molar-refractivity contribution in [2.24, 2.45) is 0 Å². The summed E-state index contributed by atoms with van der Waals surface area (Å²) < 4.78 is 19.3. The molecule has 0 aliphatic rings. The number of hydrogen-bond donors (Lipinski definition) is 1. The molecular weight excluding hydrogens is 275 g/mol. The zero-order valence-corrected chi connectivity index (χ0v) is 9.74. The first-order valence-corrected chi connectivity index (χ1v) is 5.28. The summed E-state index contributed by atoms with van der Waals surface area (Å²) in [6.07, 6.45) is 3.19. The molecule has 0 unspecified atom stereocenters. The van der Waals surface area contributed by atoms with Crippen LogP contribution >= 0.6 is 15.9 Å². The Morgan fingerprint density at radius 3 is 2.81 bits per heavy atom. The van der Waals surface area contributed by atoms with Gasteiger partial charge in [0.25, 0.3) is 0 Å². The van der Waals surface area contributed by atoms with Crippen molar-refractivity contribution in [2.75, 3.05) is 5.73 Å². The molecule has 2 rings (SSSR count). The fourth-order valence-corrected chi connectivity index (χ4v) is 1.47. The maximum absolute atomic E-state index is 13.2. The number of rotatable bonds is 2. The smallest absolute Gasteiger partial charge is 0.149 e. The molecule has 0 spiro atoms. The number of ether oxygens (including phenoxy) is 1. The molecular formula is C11H8BrFN2O. The number of nitrogens with two attached hydrogens (primary N) is 1. The van der Waals surface area contributed by atoms with Crippen LogP contribution in [0.15, 0.2) is 41.1 Å². The van der Waals surface area contributed by atoms with E-state index in [2.05, 4.69) is 20.9 Å². The molecule has 5 heteroatoms. The maximum Gasteiger partial charge on any atom is 0.149 e. The van der Waals surface area contributed by atoms with E-state index in [1.54, 1.807) is 24.5 Å². The number of benzene rings is 1. The third-order valence-corrected chi connectivity index (χ3v) is 2.53. The summed E-state index contributed by atoms with van der Waals surface area (Å²) in [6.45, 7) is 0. The highest BCUT2D eigenvalue weighted by molar-refractivity contribution is 9.10. The lowest BCUT2D eigenvalue weighted by Gasteiger charge is -2.07. The van der Waals surface area contributed by atoms with Crippen LogP contribution in [0.3, 0.4) is 0 Å². The Morgan fingerprint density at radius 2 is 2.12 bits per heavy atom. The standard InChI is InChI=1S/C11H8BrFN2O/c12-8-6-15-4-3-11(8)16-7-1-2-10(14)9(13)5-7/h1-6H,14H2. The lowest BCUT2D eigenvalue weighted by molar-refractivity contribution is 0.473. The minimum atomic E-state index is -0.498. The number of nitrogens with zero attached hydrogens (tertiary/aromatic N) is 1. The third kappa shape index (κ3) is 2.30. The summed E-state index contributed by atoms with van der Waals surface area (Å²) in [4.78, 5) is 3.90. The number of halogens is 2. The molecule has 1 heterocycles. The van der Waals surface area contributed by atoms with E-state index in [0.29, 0.717) is 16.0 Å². The molecule has 0 saturated heterocycles. The molecule has 0 aliphatic heterocycles. The van der Waals surface area contributed by atoms with E-state index in [1.807, 2.05) is 0 Å². The summed E-state index contributed by atoms with van der Waals surface area (Å²) in [7, 11) is 0. The highest BCUT2D eigenvalue weighted by Crippen LogP contribution is 2.29. The van der Waals surface area contributed by atoms with E-state index >= 15 is 0 Å². The van der Waals surface area contributed by atoms with Gasteiger partial charge in [0.05, 0.1) is 10.2 Å². The van der Waals surface area contributed by atoms with E-state index in [9.17, 15) is 4.39 Å². The Morgan fingerprint density at radius 1 is 1.31 bits per heavy atom. The molecule has 82 valence electrons. The quantitative estimate of drug-likeness (QED) is 0.860. The second-order valence-electron chi connectivity index (χ2n) is 3.09. The zero-order valence-electron chi connectivity index (χ0n) is 8.15. The van der Waals surface area contributed by atoms with Gasteiger partial charge in [0.1, 0.15) is 17.3 Å². The van der Waals surface area contributed by atoms with Gasteiger partial charge in [0.2, 0.25) is 0 Å². The zero-order chi connectivity index (χ0) is 11.5. The van der Waals surface area contributed by atoms with Crippen LogP contribution in [0, 0.1) is 5.82 Å². The van der Waals surface area contributed by atoms with Crippen molar-refractivity contribution in [3.05, 3.63) is 46.9 Å². The SMILES string of the molecule is Nc1ccc(Oc2ccncc2Br)cc1F. The van der Waals surface area contributed by atoms with Crippen LogP contribution in [-0.4, -0.2) is 4.98 Å². The first-order chi connectivity index (χ1) is 7.66. The van der Waals surface area contributed by atoms with Crippen LogP contribution < -0.4 is 10.5 Å². The second-order valence-corrected chi connectivity index (χ2v) is 3.95. The van der Waals surface area contributed by atoms with Gasteiger partial charge >= 0.3 is 0 Å². The second kappa shape index (κ2) is 4.49. The van der Waals surface area contributed by atoms with Gasteiger partial charge in [-0.1, -0.05) is 0 Å². The summed E-state index contributed by atoms with van der Waals surface area (Å²) in [5.41, 5.74) is 5.46. The minimum Gasteiger partial charge on any atom is -0.456 e. The topological polar surface area (TPSA) is 48.1 Å². The largest absolute Gasteiger partial charge is 0.456 e. The van der Waals surface area contributed by atoms with Crippen LogP contribution in [0.2, 0.25) is 0 Å². The van der Waals surface area contributed by atoms with Crippen LogP contribution in [-0.2, 0) is 0 Å². The van der Waals surface area contributed by atoms with Gasteiger partial charge in [-0.2, -0.15) is 0 Å². The molecule has 0 radical (unpaired) electrons. The fraction of sp³-hybridized carbons (Fsp3) is 0. The lowest BCUT2D eigenvalue weighted by Crippen LogP contribution is -1.92. The molecule has 1 aromatic carbocycles. The van der Waals surface area contributed by atoms with Crippen molar-refractivity contribution < 1.29 is 9.13 Å². The van der Waals surface area contributed by atoms with Gasteiger partial charge < -0.3 is 10.5 Å². The molecule has 0 bridgehead atoms. The van der Waals surface area contributed by atoms with Crippen LogP contribution in [0.4, 0.5) is 10.1 Å². The van der Waals surface area contributed by atoms with E-state index in [-0.39, 0.29) is 5.69 Å². The highest BCUT2D eigenvalue weighted by atomic mass is 79.9. The predicted octanol–water partition coefficient (Wildman–Crippen LogP) is 3.36. The Balaban J connectivity index is 2.28. The molecule has 16 heavy (non-hydrogen) atoms. The van der Waals surface area contributed by atoms with Crippen molar-refractivity contribution in [3.63, 3.8) is 0 Å². The van der Waals surface area contributed by atoms with E-state index < -0.39 is 5.82 Å². The molecule has 0 aliphatic carbocycles. The van der Waals surface area contributed by atoms with Gasteiger partial charge in [-0.05, 0) is 28.1 Å². The Kier molecular flexibility index (Phi) is 3.05. The van der Waals surface area contributed by atoms with Crippen molar-refractivity contribution in [1.82, 2.24) is 4.98 Å². The van der Waals surface area contributed by atoms with Gasteiger partial charge in [0.15, 0.2) is 0 Å². The molecule has 2 aromatic rings. The predicted molar refractivity (Wildman–Crippen MR) is 62.8 cm³/mol. The minimum absolute atomic E-state index is 0.0983. The number of pyridine rings is 1. The number of aromatic nitrogens is 1. The summed E-state index contributed by atoms with van der Waals surface area (Å²) in [5.74, 6) is 0.459. The summed E-state index contributed by atoms with van der Waals surface area (Å²) >= 11 is 3.28. The Hall–Kier alpha value is -1.62. The van der Waals surface area contributed by atoms with Crippen LogP contribution in [0.25, 0.3) is 0 Å². The highest BCUT2D eigenvalue weighted by Gasteiger charge is 2.04. The average molecular weight is 283 g/mol. The summed E-state index contributed by atoms with van der Waals surface area (Å²) in [6, 6.07) is 5.98. The monoisotopic (exact) mass is 282 g/mol. The molecule has 0 saturated carbocycles. The van der Waals surface area contributed by atoms with E-state index in [1.165, 1.54) is 12.1 Å². The lowest BCUT2D eigenvalue weighted by atomic mass is 10.3. The van der Waals surface area contributed by atoms with Crippen molar-refractivity contribution >= 4 is 21.6 Å². The molecule has 0 atom stereocenters. The summed E-state index contributed by atoms with van der Waals surface area (Å²) in [5, 5.41) is 0. The van der Waals surface area contributed by atoms with E-state index in [0.717, 1.165) is 0 Å². The average Bonchev–Trinajstić information content (AvgIpc) is 2.27. The Bertz CT molecular complexity index is 519. The fourth-order valence-electron chi connectivity index (χ4n) is 1.14. The first-order valence-electron chi connectivity index (χ1n) is 4.49. The Labute approximate surface area is 100 Å². The molecule has 0 amide bonds. The van der Waals surface area contributed by atoms with E-state index in [4.69, 9.17) is 10.5 Å². The van der Waals surface area contributed by atoms with Crippen LogP contribution in [0.1, 0.15) is 0 Å². The molecule has 3 nitrogen and oxygen atoms in total. The van der Waals surface area contributed by atoms with Crippen molar-refractivity contribution in [1.29, 1.82) is 0 Å². The number of nitrogen functional groups attached to an aromatic ring is 1. The normalized spacial score (nSPS) is 10.1. The molecule has 1 aromatic heterocycles. The molecule has 0 fully saturated rings. The van der Waals surface area contributed by atoms with Crippen LogP contribution in [0.5, 0.6) is 11.5 Å². The number of anilines is 1. The van der Waals surface area contributed by atoms with Gasteiger partial charge in [-0.25, -0.2) is 4.39 Å². The van der Waals surface area contributed by atoms with Gasteiger partial charge in [0, 0.05) is 24.5 Å².